The molecule has 0 saturated carbocycles. The van der Waals surface area contributed by atoms with E-state index in [1.54, 1.807) is 0 Å². The van der Waals surface area contributed by atoms with Crippen LogP contribution >= 0.6 is 24.0 Å². The third-order valence-corrected chi connectivity index (χ3v) is 5.39. The van der Waals surface area contributed by atoms with E-state index in [1.807, 2.05) is 0 Å². The van der Waals surface area contributed by atoms with E-state index in [-0.39, 0.29) is 17.4 Å². The standard InChI is InChI=1S/C13H18ClFN2O2S.ClH/c14-11-4-1-5-12(15)13(11)20(18,19)17-8-6-10-3-2-7-16-9-10;/h1,4-5,10,16-17H,2-3,6-9H2;1H. The monoisotopic (exact) mass is 356 g/mol. The Balaban J connectivity index is 0.00000220. The van der Waals surface area contributed by atoms with Crippen molar-refractivity contribution in [3.05, 3.63) is 29.0 Å². The molecular weight excluding hydrogens is 338 g/mol. The third-order valence-electron chi connectivity index (χ3n) is 3.43. The second-order valence-electron chi connectivity index (χ2n) is 4.95. The Kier molecular flexibility index (Phi) is 7.36. The molecule has 2 N–H and O–H groups in total. The summed E-state index contributed by atoms with van der Waals surface area (Å²) in [7, 11) is -3.90. The Morgan fingerprint density at radius 1 is 1.43 bits per heavy atom. The highest BCUT2D eigenvalue weighted by molar-refractivity contribution is 7.89. The number of rotatable bonds is 5. The van der Waals surface area contributed by atoms with Gasteiger partial charge < -0.3 is 5.32 Å². The van der Waals surface area contributed by atoms with Crippen molar-refractivity contribution in [2.45, 2.75) is 24.2 Å². The predicted octanol–water partition coefficient (Wildman–Crippen LogP) is 2.57. The highest BCUT2D eigenvalue weighted by atomic mass is 35.5. The number of sulfonamides is 1. The Bertz CT molecular complexity index is 543. The normalized spacial score (nSPS) is 19.0. The van der Waals surface area contributed by atoms with Crippen LogP contribution in [0.5, 0.6) is 0 Å². The van der Waals surface area contributed by atoms with Gasteiger partial charge in [0, 0.05) is 6.54 Å². The van der Waals surface area contributed by atoms with Crippen LogP contribution in [-0.4, -0.2) is 28.1 Å². The maximum atomic E-state index is 13.6. The highest BCUT2D eigenvalue weighted by Gasteiger charge is 2.22. The highest BCUT2D eigenvalue weighted by Crippen LogP contribution is 2.24. The Morgan fingerprint density at radius 3 is 2.81 bits per heavy atom. The molecule has 1 heterocycles. The molecular formula is C13H19Cl2FN2O2S. The topological polar surface area (TPSA) is 58.2 Å². The largest absolute Gasteiger partial charge is 0.316 e. The van der Waals surface area contributed by atoms with Crippen LogP contribution in [0.3, 0.4) is 0 Å². The molecule has 0 amide bonds. The molecule has 1 fully saturated rings. The minimum absolute atomic E-state index is 0. The molecule has 0 bridgehead atoms. The van der Waals surface area contributed by atoms with Gasteiger partial charge in [-0.25, -0.2) is 17.5 Å². The zero-order chi connectivity index (χ0) is 14.6. The quantitative estimate of drug-likeness (QED) is 0.852. The molecule has 21 heavy (non-hydrogen) atoms. The molecule has 0 radical (unpaired) electrons. The number of nitrogens with one attached hydrogen (secondary N) is 2. The minimum atomic E-state index is -3.90. The number of hydrogen-bond donors (Lipinski definition) is 2. The van der Waals surface area contributed by atoms with Gasteiger partial charge in [-0.3, -0.25) is 0 Å². The fraction of sp³-hybridized carbons (Fsp3) is 0.538. The van der Waals surface area contributed by atoms with Crippen LogP contribution in [0, 0.1) is 11.7 Å². The lowest BCUT2D eigenvalue weighted by Gasteiger charge is -2.22. The van der Waals surface area contributed by atoms with E-state index < -0.39 is 20.7 Å². The summed E-state index contributed by atoms with van der Waals surface area (Å²) in [4.78, 5) is -0.469. The van der Waals surface area contributed by atoms with Crippen molar-refractivity contribution in [2.75, 3.05) is 19.6 Å². The zero-order valence-electron chi connectivity index (χ0n) is 11.4. The summed E-state index contributed by atoms with van der Waals surface area (Å²) in [5.41, 5.74) is 0. The molecule has 1 saturated heterocycles. The van der Waals surface area contributed by atoms with Gasteiger partial charge in [-0.1, -0.05) is 17.7 Å². The average Bonchev–Trinajstić information content (AvgIpc) is 2.39. The van der Waals surface area contributed by atoms with Gasteiger partial charge in [0.15, 0.2) is 0 Å². The minimum Gasteiger partial charge on any atom is -0.316 e. The number of hydrogen-bond acceptors (Lipinski definition) is 3. The molecule has 1 aromatic carbocycles. The fourth-order valence-corrected chi connectivity index (χ4v) is 4.03. The van der Waals surface area contributed by atoms with Crippen LogP contribution in [0.2, 0.25) is 5.02 Å². The van der Waals surface area contributed by atoms with Crippen LogP contribution in [0.1, 0.15) is 19.3 Å². The molecule has 1 aliphatic rings. The maximum Gasteiger partial charge on any atom is 0.244 e. The first-order valence-corrected chi connectivity index (χ1v) is 8.51. The first-order chi connectivity index (χ1) is 9.50. The van der Waals surface area contributed by atoms with E-state index in [0.29, 0.717) is 12.5 Å². The van der Waals surface area contributed by atoms with Gasteiger partial charge in [-0.15, -0.1) is 12.4 Å². The number of halogens is 3. The second kappa shape index (κ2) is 8.29. The van der Waals surface area contributed by atoms with Crippen molar-refractivity contribution >= 4 is 34.0 Å². The Morgan fingerprint density at radius 2 is 2.19 bits per heavy atom. The van der Waals surface area contributed by atoms with Crippen molar-refractivity contribution in [2.24, 2.45) is 5.92 Å². The molecule has 0 aliphatic carbocycles. The summed E-state index contributed by atoms with van der Waals surface area (Å²) in [5, 5.41) is 3.17. The lowest BCUT2D eigenvalue weighted by molar-refractivity contribution is 0.358. The number of benzene rings is 1. The maximum absolute atomic E-state index is 13.6. The van der Waals surface area contributed by atoms with Crippen molar-refractivity contribution in [3.8, 4) is 0 Å². The summed E-state index contributed by atoms with van der Waals surface area (Å²) < 4.78 is 40.2. The summed E-state index contributed by atoms with van der Waals surface area (Å²) >= 11 is 5.77. The lowest BCUT2D eigenvalue weighted by atomic mass is 9.96. The van der Waals surface area contributed by atoms with Crippen molar-refractivity contribution in [3.63, 3.8) is 0 Å². The van der Waals surface area contributed by atoms with E-state index in [4.69, 9.17) is 11.6 Å². The molecule has 1 unspecified atom stereocenters. The number of piperidine rings is 1. The van der Waals surface area contributed by atoms with Gasteiger partial charge in [0.2, 0.25) is 10.0 Å². The Labute approximate surface area is 135 Å². The van der Waals surface area contributed by atoms with E-state index in [0.717, 1.165) is 38.4 Å². The third kappa shape index (κ3) is 5.07. The first-order valence-electron chi connectivity index (χ1n) is 6.65. The lowest BCUT2D eigenvalue weighted by Crippen LogP contribution is -2.33. The van der Waals surface area contributed by atoms with E-state index in [2.05, 4.69) is 10.0 Å². The second-order valence-corrected chi connectivity index (χ2v) is 7.06. The van der Waals surface area contributed by atoms with Gasteiger partial charge in [0.1, 0.15) is 10.7 Å². The van der Waals surface area contributed by atoms with E-state index in [9.17, 15) is 12.8 Å². The van der Waals surface area contributed by atoms with Crippen LogP contribution in [-0.2, 0) is 10.0 Å². The molecule has 0 spiro atoms. The predicted molar refractivity (Wildman–Crippen MR) is 84.1 cm³/mol. The van der Waals surface area contributed by atoms with Crippen molar-refractivity contribution < 1.29 is 12.8 Å². The van der Waals surface area contributed by atoms with E-state index >= 15 is 0 Å². The van der Waals surface area contributed by atoms with Crippen LogP contribution < -0.4 is 10.0 Å². The smallest absolute Gasteiger partial charge is 0.244 e. The first kappa shape index (κ1) is 18.6. The molecule has 1 aromatic rings. The molecule has 1 atom stereocenters. The summed E-state index contributed by atoms with van der Waals surface area (Å²) in [6, 6.07) is 3.83. The summed E-state index contributed by atoms with van der Waals surface area (Å²) in [6.45, 7) is 2.22. The van der Waals surface area contributed by atoms with Gasteiger partial charge in [0.05, 0.1) is 5.02 Å². The van der Waals surface area contributed by atoms with Crippen LogP contribution in [0.4, 0.5) is 4.39 Å². The summed E-state index contributed by atoms with van der Waals surface area (Å²) in [5.74, 6) is -0.369. The van der Waals surface area contributed by atoms with Crippen molar-refractivity contribution in [1.82, 2.24) is 10.0 Å². The molecule has 0 aromatic heterocycles. The molecule has 1 aliphatic heterocycles. The zero-order valence-corrected chi connectivity index (χ0v) is 13.8. The average molecular weight is 357 g/mol. The molecule has 120 valence electrons. The Hall–Kier alpha value is -0.400. The SMILES string of the molecule is Cl.O=S(=O)(NCCC1CCCNC1)c1c(F)cccc1Cl. The van der Waals surface area contributed by atoms with Crippen LogP contribution in [0.25, 0.3) is 0 Å². The van der Waals surface area contributed by atoms with Gasteiger partial charge >= 0.3 is 0 Å². The molecule has 8 heteroatoms. The van der Waals surface area contributed by atoms with Crippen molar-refractivity contribution in [1.29, 1.82) is 0 Å². The summed E-state index contributed by atoms with van der Waals surface area (Å²) in [6.07, 6.45) is 2.93. The molecule has 2 rings (SSSR count). The van der Waals surface area contributed by atoms with E-state index in [1.165, 1.54) is 12.1 Å². The van der Waals surface area contributed by atoms with Gasteiger partial charge in [0.25, 0.3) is 0 Å². The molecule has 4 nitrogen and oxygen atoms in total. The van der Waals surface area contributed by atoms with Gasteiger partial charge in [-0.05, 0) is 50.4 Å². The fourth-order valence-electron chi connectivity index (χ4n) is 2.38. The van der Waals surface area contributed by atoms with Gasteiger partial charge in [-0.2, -0.15) is 0 Å². The van der Waals surface area contributed by atoms with Crippen LogP contribution in [0.15, 0.2) is 23.1 Å².